The molecule has 62 heavy (non-hydrogen) atoms. The van der Waals surface area contributed by atoms with Gasteiger partial charge in [-0.15, -0.1) is 0 Å². The van der Waals surface area contributed by atoms with Crippen molar-refractivity contribution >= 4 is 35.5 Å². The highest BCUT2D eigenvalue weighted by molar-refractivity contribution is 5.96. The number of ether oxygens (including phenoxy) is 1. The second-order valence-electron chi connectivity index (χ2n) is 14.9. The Labute approximate surface area is 357 Å². The van der Waals surface area contributed by atoms with E-state index in [4.69, 9.17) is 9.84 Å². The summed E-state index contributed by atoms with van der Waals surface area (Å²) in [4.78, 5) is 85.2. The van der Waals surface area contributed by atoms with Crippen LogP contribution in [-0.2, 0) is 54.5 Å². The summed E-state index contributed by atoms with van der Waals surface area (Å²) in [6.07, 6.45) is 2.68. The van der Waals surface area contributed by atoms with Crippen molar-refractivity contribution in [3.05, 3.63) is 156 Å². The molecule has 4 atom stereocenters. The zero-order valence-corrected chi connectivity index (χ0v) is 33.7. The average molecular weight is 843 g/mol. The molecule has 5 amide bonds. The van der Waals surface area contributed by atoms with Crippen molar-refractivity contribution in [2.45, 2.75) is 62.7 Å². The van der Waals surface area contributed by atoms with Crippen molar-refractivity contribution < 1.29 is 43.0 Å². The van der Waals surface area contributed by atoms with E-state index in [1.165, 1.54) is 18.2 Å². The fourth-order valence-corrected chi connectivity index (χ4v) is 6.91. The van der Waals surface area contributed by atoms with Crippen LogP contribution in [0.25, 0.3) is 11.1 Å². The number of carboxylic acids is 1. The van der Waals surface area contributed by atoms with Crippen LogP contribution in [0.3, 0.4) is 0 Å². The predicted molar refractivity (Wildman–Crippen MR) is 227 cm³/mol. The Morgan fingerprint density at radius 1 is 0.677 bits per heavy atom. The fourth-order valence-electron chi connectivity index (χ4n) is 6.91. The van der Waals surface area contributed by atoms with E-state index >= 15 is 4.39 Å². The van der Waals surface area contributed by atoms with Crippen LogP contribution in [0.5, 0.6) is 5.75 Å². The maximum atomic E-state index is 15.2. The van der Waals surface area contributed by atoms with E-state index in [-0.39, 0.29) is 50.6 Å². The van der Waals surface area contributed by atoms with Gasteiger partial charge in [0.05, 0.1) is 0 Å². The number of carboxylic acid groups (broad SMARTS) is 1. The molecule has 0 aliphatic carbocycles. The topological polar surface area (TPSA) is 205 Å². The van der Waals surface area contributed by atoms with Gasteiger partial charge in [-0.3, -0.25) is 33.8 Å². The van der Waals surface area contributed by atoms with Gasteiger partial charge in [-0.25, -0.2) is 4.39 Å². The van der Waals surface area contributed by atoms with Crippen LogP contribution in [-0.4, -0.2) is 82.9 Å². The molecule has 14 nitrogen and oxygen atoms in total. The zero-order chi connectivity index (χ0) is 43.8. The lowest BCUT2D eigenvalue weighted by atomic mass is 9.98. The fraction of sp³-hybridized carbons (Fsp3) is 0.255. The Morgan fingerprint density at radius 2 is 1.26 bits per heavy atom. The maximum Gasteiger partial charge on any atom is 0.303 e. The van der Waals surface area contributed by atoms with Crippen molar-refractivity contribution in [3.8, 4) is 16.9 Å². The summed E-state index contributed by atoms with van der Waals surface area (Å²) >= 11 is 0. The number of fused-ring (bicyclic) bond motifs is 16. The van der Waals surface area contributed by atoms with Crippen molar-refractivity contribution in [1.82, 2.24) is 31.6 Å². The first-order valence-corrected chi connectivity index (χ1v) is 20.2. The van der Waals surface area contributed by atoms with Crippen molar-refractivity contribution in [1.29, 1.82) is 0 Å². The molecule has 0 radical (unpaired) electrons. The number of aliphatic carboxylic acids is 1. The molecule has 1 aromatic heterocycles. The third-order valence-corrected chi connectivity index (χ3v) is 10.2. The molecule has 5 aromatic rings. The number of carbonyl (C=O) groups excluding carboxylic acids is 5. The first kappa shape index (κ1) is 44.1. The van der Waals surface area contributed by atoms with Crippen LogP contribution in [0.4, 0.5) is 4.39 Å². The molecule has 2 aliphatic heterocycles. The number of amides is 5. The number of hydrogen-bond acceptors (Lipinski definition) is 8. The smallest absolute Gasteiger partial charge is 0.303 e. The van der Waals surface area contributed by atoms with Crippen LogP contribution in [0.2, 0.25) is 0 Å². The number of carbonyl (C=O) groups is 6. The molecule has 6 N–H and O–H groups in total. The van der Waals surface area contributed by atoms with Crippen molar-refractivity contribution in [2.75, 3.05) is 13.2 Å². The minimum atomic E-state index is -1.45. The van der Waals surface area contributed by atoms with Crippen LogP contribution in [0, 0.1) is 5.82 Å². The number of hydrogen-bond donors (Lipinski definition) is 6. The van der Waals surface area contributed by atoms with Gasteiger partial charge in [0.25, 0.3) is 5.91 Å². The summed E-state index contributed by atoms with van der Waals surface area (Å²) in [5.41, 5.74) is 3.92. The standard InChI is InChI=1S/C47H47FN6O8/c48-37-10-5-4-9-35(37)28-41-47(61)52-38(44(58)50-22-6-11-43(56)57)25-31-14-18-36(19-15-31)62-29-42(55)51-39(27-32-20-23-49-24-21-32)45(59)53-40(46(60)54-41)26-30-12-16-34(17-13-30)33-7-2-1-3-8-33/h1-5,7-10,12-21,23-24,38-41H,6,11,22,25-29H2,(H,50,58)(H,51,55)(H,52,61)(H,53,59)(H,54,60)(H,56,57)/t38-,39-,40+,41-/m0/s1. The predicted octanol–water partition coefficient (Wildman–Crippen LogP) is 3.47. The number of pyridine rings is 1. The molecule has 3 heterocycles. The molecule has 0 fully saturated rings. The van der Waals surface area contributed by atoms with Crippen LogP contribution >= 0.6 is 0 Å². The number of benzene rings is 4. The third kappa shape index (κ3) is 13.0. The van der Waals surface area contributed by atoms with Gasteiger partial charge in [-0.1, -0.05) is 84.9 Å². The highest BCUT2D eigenvalue weighted by Crippen LogP contribution is 2.21. The summed E-state index contributed by atoms with van der Waals surface area (Å²) in [5, 5.41) is 22.7. The van der Waals surface area contributed by atoms with Gasteiger partial charge in [0, 0.05) is 51.0 Å². The highest BCUT2D eigenvalue weighted by atomic mass is 19.1. The molecule has 2 bridgehead atoms. The first-order valence-electron chi connectivity index (χ1n) is 20.2. The average Bonchev–Trinajstić information content (AvgIpc) is 3.27. The summed E-state index contributed by atoms with van der Waals surface area (Å²) in [6.45, 7) is -0.441. The molecular weight excluding hydrogens is 796 g/mol. The number of rotatable bonds is 12. The number of nitrogens with zero attached hydrogens (tertiary/aromatic N) is 1. The van der Waals surface area contributed by atoms with Crippen LogP contribution in [0.15, 0.2) is 128 Å². The van der Waals surface area contributed by atoms with Crippen molar-refractivity contribution in [3.63, 3.8) is 0 Å². The van der Waals surface area contributed by atoms with Gasteiger partial charge in [0.15, 0.2) is 6.61 Å². The number of aromatic nitrogens is 1. The van der Waals surface area contributed by atoms with Crippen molar-refractivity contribution in [2.24, 2.45) is 0 Å². The lowest BCUT2D eigenvalue weighted by molar-refractivity contribution is -0.137. The number of nitrogens with one attached hydrogen (secondary N) is 5. The number of halogens is 1. The Kier molecular flexibility index (Phi) is 15.5. The SMILES string of the molecule is O=C(O)CCCNC(=O)[C@@H]1Cc2ccc(cc2)OCC(=O)N[C@@H](Cc2ccncc2)C(=O)N[C@H](Cc2ccc(-c3ccccc3)cc2)C(=O)N[C@@H](Cc2ccccc2F)C(=O)N1. The molecular formula is C47H47FN6O8. The van der Waals surface area contributed by atoms with Gasteiger partial charge < -0.3 is 36.4 Å². The molecule has 320 valence electrons. The minimum absolute atomic E-state index is 0.0115. The highest BCUT2D eigenvalue weighted by Gasteiger charge is 2.33. The Hall–Kier alpha value is -7.42. The summed E-state index contributed by atoms with van der Waals surface area (Å²) in [7, 11) is 0. The van der Waals surface area contributed by atoms with E-state index in [9.17, 15) is 28.8 Å². The van der Waals surface area contributed by atoms with Crippen LogP contribution in [0.1, 0.15) is 35.1 Å². The minimum Gasteiger partial charge on any atom is -0.484 e. The first-order chi connectivity index (χ1) is 30.0. The second-order valence-corrected chi connectivity index (χ2v) is 14.9. The van der Waals surface area contributed by atoms with Gasteiger partial charge in [-0.2, -0.15) is 0 Å². The Morgan fingerprint density at radius 3 is 1.92 bits per heavy atom. The van der Waals surface area contributed by atoms with E-state index < -0.39 is 72.1 Å². The molecule has 0 saturated heterocycles. The van der Waals surface area contributed by atoms with E-state index in [2.05, 4.69) is 31.6 Å². The lowest BCUT2D eigenvalue weighted by Gasteiger charge is -2.27. The molecule has 2 aliphatic rings. The normalized spacial score (nSPS) is 18.7. The molecule has 15 heteroatoms. The Bertz CT molecular complexity index is 2330. The maximum absolute atomic E-state index is 15.2. The van der Waals surface area contributed by atoms with Gasteiger partial charge in [0.2, 0.25) is 23.6 Å². The van der Waals surface area contributed by atoms with Gasteiger partial charge in [0.1, 0.15) is 35.7 Å². The third-order valence-electron chi connectivity index (χ3n) is 10.2. The summed E-state index contributed by atoms with van der Waals surface area (Å²) < 4.78 is 20.9. The van der Waals surface area contributed by atoms with E-state index in [1.54, 1.807) is 54.9 Å². The molecule has 7 rings (SSSR count). The lowest BCUT2D eigenvalue weighted by Crippen LogP contribution is -2.59. The van der Waals surface area contributed by atoms with Crippen LogP contribution < -0.4 is 31.3 Å². The van der Waals surface area contributed by atoms with Gasteiger partial charge >= 0.3 is 5.97 Å². The molecule has 0 unspecified atom stereocenters. The molecule has 4 aromatic carbocycles. The van der Waals surface area contributed by atoms with E-state index in [0.717, 1.165) is 11.1 Å². The monoisotopic (exact) mass is 842 g/mol. The largest absolute Gasteiger partial charge is 0.484 e. The van der Waals surface area contributed by atoms with E-state index in [0.29, 0.717) is 22.4 Å². The van der Waals surface area contributed by atoms with E-state index in [1.807, 2.05) is 54.6 Å². The molecule has 0 saturated carbocycles. The zero-order valence-electron chi connectivity index (χ0n) is 33.7. The summed E-state index contributed by atoms with van der Waals surface area (Å²) in [6, 6.07) is 27.5. The summed E-state index contributed by atoms with van der Waals surface area (Å²) in [5.74, 6) is -4.88. The second kappa shape index (κ2) is 21.7. The Balaban J connectivity index is 1.35. The quantitative estimate of drug-likeness (QED) is 0.0803. The molecule has 0 spiro atoms. The van der Waals surface area contributed by atoms with Gasteiger partial charge in [-0.05, 0) is 70.1 Å².